The minimum absolute atomic E-state index is 0.0990. The standard InChI is InChI=1S/C12H16N4O/c1-16-6-10(7-16)14-12(17)11-4-9(5-13-15-11)8-2-3-8/h4-5,8,10H,2-3,6-7H2,1H3,(H,14,17). The molecule has 0 spiro atoms. The molecule has 90 valence electrons. The summed E-state index contributed by atoms with van der Waals surface area (Å²) in [5, 5.41) is 10.8. The van der Waals surface area contributed by atoms with E-state index in [2.05, 4.69) is 20.4 Å². The highest BCUT2D eigenvalue weighted by Gasteiger charge is 2.27. The average Bonchev–Trinajstić information content (AvgIpc) is 3.11. The number of likely N-dealkylation sites (N-methyl/N-ethyl adjacent to an activating group) is 1. The second kappa shape index (κ2) is 4.07. The van der Waals surface area contributed by atoms with Crippen molar-refractivity contribution in [3.05, 3.63) is 23.5 Å². The van der Waals surface area contributed by atoms with E-state index in [-0.39, 0.29) is 11.9 Å². The second-order valence-electron chi connectivity index (χ2n) is 5.04. The monoisotopic (exact) mass is 232 g/mol. The van der Waals surface area contributed by atoms with E-state index in [1.54, 1.807) is 6.20 Å². The Labute approximate surface area is 100 Å². The van der Waals surface area contributed by atoms with Crippen molar-refractivity contribution in [2.24, 2.45) is 0 Å². The Kier molecular flexibility index (Phi) is 2.55. The van der Waals surface area contributed by atoms with E-state index < -0.39 is 0 Å². The number of carbonyl (C=O) groups excluding carboxylic acids is 1. The van der Waals surface area contributed by atoms with Gasteiger partial charge in [0.2, 0.25) is 0 Å². The smallest absolute Gasteiger partial charge is 0.272 e. The van der Waals surface area contributed by atoms with Gasteiger partial charge in [0.05, 0.1) is 12.2 Å². The number of carbonyl (C=O) groups is 1. The van der Waals surface area contributed by atoms with Gasteiger partial charge in [0, 0.05) is 13.1 Å². The molecule has 5 heteroatoms. The molecular formula is C12H16N4O. The third-order valence-electron chi connectivity index (χ3n) is 3.36. The second-order valence-corrected chi connectivity index (χ2v) is 5.04. The highest BCUT2D eigenvalue weighted by molar-refractivity contribution is 5.92. The number of nitrogens with zero attached hydrogens (tertiary/aromatic N) is 3. The van der Waals surface area contributed by atoms with Gasteiger partial charge in [0.15, 0.2) is 5.69 Å². The Morgan fingerprint density at radius 1 is 1.47 bits per heavy atom. The van der Waals surface area contributed by atoms with Crippen molar-refractivity contribution in [2.45, 2.75) is 24.8 Å². The quantitative estimate of drug-likeness (QED) is 0.819. The number of likely N-dealkylation sites (tertiary alicyclic amines) is 1. The molecule has 2 fully saturated rings. The van der Waals surface area contributed by atoms with Crippen molar-refractivity contribution < 1.29 is 4.79 Å². The van der Waals surface area contributed by atoms with Crippen molar-refractivity contribution in [3.63, 3.8) is 0 Å². The fourth-order valence-corrected chi connectivity index (χ4v) is 2.18. The van der Waals surface area contributed by atoms with Crippen LogP contribution in [0.4, 0.5) is 0 Å². The van der Waals surface area contributed by atoms with Crippen LogP contribution in [0.1, 0.15) is 34.8 Å². The van der Waals surface area contributed by atoms with Crippen LogP contribution in [-0.4, -0.2) is 47.2 Å². The molecule has 1 aliphatic heterocycles. The van der Waals surface area contributed by atoms with Gasteiger partial charge in [-0.05, 0) is 37.4 Å². The largest absolute Gasteiger partial charge is 0.345 e. The van der Waals surface area contributed by atoms with Crippen LogP contribution >= 0.6 is 0 Å². The molecule has 2 aliphatic rings. The van der Waals surface area contributed by atoms with Gasteiger partial charge in [0.1, 0.15) is 0 Å². The maximum Gasteiger partial charge on any atom is 0.272 e. The lowest BCUT2D eigenvalue weighted by molar-refractivity contribution is 0.0851. The van der Waals surface area contributed by atoms with Crippen molar-refractivity contribution in [3.8, 4) is 0 Å². The van der Waals surface area contributed by atoms with Crippen LogP contribution in [0.25, 0.3) is 0 Å². The summed E-state index contributed by atoms with van der Waals surface area (Å²) < 4.78 is 0. The summed E-state index contributed by atoms with van der Waals surface area (Å²) in [6.07, 6.45) is 4.19. The Balaban J connectivity index is 1.66. The maximum absolute atomic E-state index is 11.9. The lowest BCUT2D eigenvalue weighted by atomic mass is 10.1. The molecule has 1 N–H and O–H groups in total. The van der Waals surface area contributed by atoms with Crippen molar-refractivity contribution in [1.29, 1.82) is 0 Å². The summed E-state index contributed by atoms with van der Waals surface area (Å²) in [5.74, 6) is 0.505. The van der Waals surface area contributed by atoms with E-state index in [9.17, 15) is 4.79 Å². The molecule has 0 unspecified atom stereocenters. The summed E-state index contributed by atoms with van der Waals surface area (Å²) in [7, 11) is 2.04. The van der Waals surface area contributed by atoms with Crippen molar-refractivity contribution in [1.82, 2.24) is 20.4 Å². The van der Waals surface area contributed by atoms with Crippen LogP contribution < -0.4 is 5.32 Å². The molecule has 1 aromatic heterocycles. The van der Waals surface area contributed by atoms with Crippen LogP contribution in [0.15, 0.2) is 12.3 Å². The van der Waals surface area contributed by atoms with E-state index in [1.807, 2.05) is 13.1 Å². The number of aromatic nitrogens is 2. The molecule has 0 atom stereocenters. The number of nitrogens with one attached hydrogen (secondary N) is 1. The van der Waals surface area contributed by atoms with Crippen LogP contribution in [0.2, 0.25) is 0 Å². The molecule has 1 aliphatic carbocycles. The summed E-state index contributed by atoms with van der Waals surface area (Å²) in [6, 6.07) is 2.14. The third-order valence-corrected chi connectivity index (χ3v) is 3.36. The SMILES string of the molecule is CN1CC(NC(=O)c2cc(C3CC3)cnn2)C1. The molecular weight excluding hydrogens is 216 g/mol. The Morgan fingerprint density at radius 2 is 2.24 bits per heavy atom. The molecule has 1 aromatic rings. The predicted molar refractivity (Wildman–Crippen MR) is 62.8 cm³/mol. The number of rotatable bonds is 3. The minimum Gasteiger partial charge on any atom is -0.345 e. The van der Waals surface area contributed by atoms with Gasteiger partial charge in [-0.1, -0.05) is 0 Å². The summed E-state index contributed by atoms with van der Waals surface area (Å²) in [4.78, 5) is 14.1. The van der Waals surface area contributed by atoms with E-state index in [0.29, 0.717) is 11.6 Å². The number of amides is 1. The Hall–Kier alpha value is -1.49. The fourth-order valence-electron chi connectivity index (χ4n) is 2.18. The maximum atomic E-state index is 11.9. The van der Waals surface area contributed by atoms with Gasteiger partial charge in [-0.3, -0.25) is 4.79 Å². The molecule has 0 radical (unpaired) electrons. The summed E-state index contributed by atoms with van der Waals surface area (Å²) in [5.41, 5.74) is 1.60. The first kappa shape index (κ1) is 10.7. The van der Waals surface area contributed by atoms with Crippen LogP contribution in [-0.2, 0) is 0 Å². The van der Waals surface area contributed by atoms with Crippen LogP contribution in [0.3, 0.4) is 0 Å². The zero-order chi connectivity index (χ0) is 11.8. The van der Waals surface area contributed by atoms with Gasteiger partial charge < -0.3 is 10.2 Å². The van der Waals surface area contributed by atoms with Gasteiger partial charge in [-0.15, -0.1) is 5.10 Å². The number of hydrogen-bond acceptors (Lipinski definition) is 4. The molecule has 1 saturated heterocycles. The summed E-state index contributed by atoms with van der Waals surface area (Å²) in [6.45, 7) is 1.84. The van der Waals surface area contributed by atoms with E-state index in [0.717, 1.165) is 18.7 Å². The van der Waals surface area contributed by atoms with Crippen LogP contribution in [0, 0.1) is 0 Å². The van der Waals surface area contributed by atoms with E-state index >= 15 is 0 Å². The first-order chi connectivity index (χ1) is 8.22. The zero-order valence-electron chi connectivity index (χ0n) is 9.89. The first-order valence-electron chi connectivity index (χ1n) is 6.04. The van der Waals surface area contributed by atoms with E-state index in [4.69, 9.17) is 0 Å². The Morgan fingerprint density at radius 3 is 2.88 bits per heavy atom. The molecule has 0 aromatic carbocycles. The normalized spacial score (nSPS) is 21.0. The zero-order valence-corrected chi connectivity index (χ0v) is 9.89. The van der Waals surface area contributed by atoms with E-state index in [1.165, 1.54) is 12.8 Å². The molecule has 3 rings (SSSR count). The average molecular weight is 232 g/mol. The van der Waals surface area contributed by atoms with Gasteiger partial charge in [-0.2, -0.15) is 5.10 Å². The predicted octanol–water partition coefficient (Wildman–Crippen LogP) is 0.398. The lowest BCUT2D eigenvalue weighted by Crippen LogP contribution is -2.57. The van der Waals surface area contributed by atoms with Gasteiger partial charge in [0.25, 0.3) is 5.91 Å². The van der Waals surface area contributed by atoms with Crippen LogP contribution in [0.5, 0.6) is 0 Å². The third kappa shape index (κ3) is 2.29. The molecule has 5 nitrogen and oxygen atoms in total. The fraction of sp³-hybridized carbons (Fsp3) is 0.583. The van der Waals surface area contributed by atoms with Gasteiger partial charge in [-0.25, -0.2) is 0 Å². The van der Waals surface area contributed by atoms with Gasteiger partial charge >= 0.3 is 0 Å². The molecule has 1 amide bonds. The van der Waals surface area contributed by atoms with Crippen molar-refractivity contribution in [2.75, 3.05) is 20.1 Å². The molecule has 0 bridgehead atoms. The summed E-state index contributed by atoms with van der Waals surface area (Å²) >= 11 is 0. The lowest BCUT2D eigenvalue weighted by Gasteiger charge is -2.36. The molecule has 1 saturated carbocycles. The topological polar surface area (TPSA) is 58.1 Å². The molecule has 17 heavy (non-hydrogen) atoms. The first-order valence-corrected chi connectivity index (χ1v) is 6.04. The minimum atomic E-state index is -0.0990. The highest BCUT2D eigenvalue weighted by atomic mass is 16.2. The molecule has 2 heterocycles. The Bertz CT molecular complexity index is 438. The highest BCUT2D eigenvalue weighted by Crippen LogP contribution is 2.39. The van der Waals surface area contributed by atoms with Crippen molar-refractivity contribution >= 4 is 5.91 Å². The number of hydrogen-bond donors (Lipinski definition) is 1.